The van der Waals surface area contributed by atoms with Gasteiger partial charge in [-0.1, -0.05) is 174 Å². The second-order valence-corrected chi connectivity index (χ2v) is 22.7. The van der Waals surface area contributed by atoms with Gasteiger partial charge in [-0.05, 0) is 141 Å². The van der Waals surface area contributed by atoms with E-state index in [1.807, 2.05) is 146 Å². The molecule has 94 heavy (non-hydrogen) atoms. The molecule has 9 aromatic heterocycles. The van der Waals surface area contributed by atoms with Gasteiger partial charge >= 0.3 is 0 Å². The number of hydrogen-bond donors (Lipinski definition) is 0. The van der Waals surface area contributed by atoms with E-state index in [2.05, 4.69) is 161 Å². The maximum absolute atomic E-state index is 5.48. The van der Waals surface area contributed by atoms with Gasteiger partial charge in [-0.2, -0.15) is 4.57 Å². The summed E-state index contributed by atoms with van der Waals surface area (Å²) in [5, 5.41) is 1.24. The summed E-state index contributed by atoms with van der Waals surface area (Å²) in [6.45, 7) is 8.89. The molecule has 14 nitrogen and oxygen atoms in total. The van der Waals surface area contributed by atoms with Crippen LogP contribution in [-0.2, 0) is 6.73 Å². The van der Waals surface area contributed by atoms with Gasteiger partial charge in [0.25, 0.3) is 12.2 Å². The van der Waals surface area contributed by atoms with Crippen molar-refractivity contribution in [3.63, 3.8) is 0 Å². The molecule has 0 N–H and O–H groups in total. The Labute approximate surface area is 544 Å². The van der Waals surface area contributed by atoms with Gasteiger partial charge in [0, 0.05) is 53.1 Å². The number of nitrogens with zero attached hydrogens (tertiary/aromatic N) is 13. The Morgan fingerprint density at radius 2 is 0.574 bits per heavy atom. The highest BCUT2D eigenvalue weighted by molar-refractivity contribution is 5.82. The third-order valence-corrected chi connectivity index (χ3v) is 15.8. The minimum absolute atomic E-state index is 0.394. The molecule has 15 aromatic rings. The lowest BCUT2D eigenvalue weighted by atomic mass is 9.98. The highest BCUT2D eigenvalue weighted by Crippen LogP contribution is 2.35. The van der Waals surface area contributed by atoms with Crippen molar-refractivity contribution in [1.29, 1.82) is 0 Å². The zero-order chi connectivity index (χ0) is 63.7. The summed E-state index contributed by atoms with van der Waals surface area (Å²) >= 11 is 0. The number of rotatable bonds is 11. The summed E-state index contributed by atoms with van der Waals surface area (Å²) in [5.74, 6) is 4.04. The summed E-state index contributed by atoms with van der Waals surface area (Å²) in [7, 11) is 0. The van der Waals surface area contributed by atoms with E-state index < -0.39 is 0 Å². The van der Waals surface area contributed by atoms with E-state index >= 15 is 0 Å². The molecule has 1 aliphatic rings. The van der Waals surface area contributed by atoms with E-state index in [9.17, 15) is 0 Å². The minimum Gasteiger partial charge on any atom is -0.429 e. The topological polar surface area (TPSA) is 168 Å². The quantitative estimate of drug-likeness (QED) is 0.112. The Hall–Kier alpha value is -12.6. The lowest BCUT2D eigenvalue weighted by Crippen LogP contribution is -2.31. The number of ether oxygens (including phenoxy) is 1. The lowest BCUT2D eigenvalue weighted by Gasteiger charge is -2.11. The van der Waals surface area contributed by atoms with E-state index in [4.69, 9.17) is 44.6 Å². The van der Waals surface area contributed by atoms with Crippen LogP contribution in [0.25, 0.3) is 136 Å². The van der Waals surface area contributed by atoms with Crippen molar-refractivity contribution in [2.24, 2.45) is 0 Å². The molecule has 0 bridgehead atoms. The summed E-state index contributed by atoms with van der Waals surface area (Å²) in [6, 6.07) is 83.1. The van der Waals surface area contributed by atoms with Gasteiger partial charge < -0.3 is 4.74 Å². The molecule has 16 rings (SSSR count). The molecule has 0 saturated carbocycles. The SMILES string of the molecule is Cc1ccc(-c2nc(-c3ccc(C)cc3)nc(-c3nc(-c4ccc(C)cc4)nc(-c4ccc(C)cc4)n3)n2)cc1.c1cc2c3c(c1)ccc[n+]3CO2.c1ccc(-c2cc(-c3ccc(-c4cc(-c5ccccn5)nc(-c5ccccn5)c4)cc3)cc(-c3ccccn3)n2)nc1. The van der Waals surface area contributed by atoms with Crippen molar-refractivity contribution in [2.75, 3.05) is 0 Å². The minimum atomic E-state index is 0.394. The number of benzene rings is 6. The van der Waals surface area contributed by atoms with Crippen molar-refractivity contribution in [2.45, 2.75) is 34.4 Å². The van der Waals surface area contributed by atoms with Crippen LogP contribution in [-0.4, -0.2) is 59.8 Å². The van der Waals surface area contributed by atoms with Gasteiger partial charge in [0.15, 0.2) is 35.2 Å². The van der Waals surface area contributed by atoms with Gasteiger partial charge in [0.1, 0.15) is 0 Å². The lowest BCUT2D eigenvalue weighted by molar-refractivity contribution is -0.688. The average Bonchev–Trinajstić information content (AvgIpc) is 1.06. The molecule has 10 heterocycles. The zero-order valence-electron chi connectivity index (χ0n) is 52.0. The summed E-state index contributed by atoms with van der Waals surface area (Å²) in [5.41, 5.74) is 20.1. The Morgan fingerprint density at radius 1 is 0.266 bits per heavy atom. The highest BCUT2D eigenvalue weighted by atomic mass is 16.5. The standard InChI is InChI=1S/C36H24N6.C34H28N6.C10H8NO/c1-5-17-37-29(9-1)33-21-27(22-34(41-33)30-10-2-6-18-38-30)25-13-15-26(16-14-25)28-23-35(31-11-3-7-19-39-31)42-36(24-28)32-12-4-8-20-40-32;1-21-5-13-25(14-6-21)29-35-30(26-15-7-22(2)8-16-26)38-33(37-29)34-39-31(27-17-9-23(3)10-18-27)36-32(40-34)28-19-11-24(4)12-20-28;1-3-8-4-2-6-11-7-12-9(5-1)10(8)11/h1-24H;5-20H,1-4H3;1-6H,7H2/q;;+1. The Bertz CT molecular complexity index is 4560. The maximum atomic E-state index is 5.48. The normalized spacial score (nSPS) is 11.2. The number of hydrogen-bond acceptors (Lipinski definition) is 13. The summed E-state index contributed by atoms with van der Waals surface area (Å²) < 4.78 is 7.59. The third kappa shape index (κ3) is 13.5. The number of pyridine rings is 7. The van der Waals surface area contributed by atoms with E-state index in [1.54, 1.807) is 24.8 Å². The van der Waals surface area contributed by atoms with Crippen molar-refractivity contribution < 1.29 is 9.30 Å². The monoisotopic (exact) mass is 1220 g/mol. The molecule has 450 valence electrons. The van der Waals surface area contributed by atoms with Crippen LogP contribution in [0, 0.1) is 27.7 Å². The van der Waals surface area contributed by atoms with Crippen LogP contribution in [0.5, 0.6) is 5.75 Å². The van der Waals surface area contributed by atoms with Gasteiger partial charge in [0.05, 0.1) is 50.9 Å². The molecule has 0 saturated heterocycles. The first-order chi connectivity index (χ1) is 46.2. The van der Waals surface area contributed by atoms with Gasteiger partial charge in [-0.3, -0.25) is 19.9 Å². The molecule has 1 aliphatic heterocycles. The second-order valence-electron chi connectivity index (χ2n) is 22.7. The van der Waals surface area contributed by atoms with Crippen LogP contribution in [0.4, 0.5) is 0 Å². The molecule has 14 heteroatoms. The number of aryl methyl sites for hydroxylation is 4. The molecule has 0 spiro atoms. The highest BCUT2D eigenvalue weighted by Gasteiger charge is 2.22. The van der Waals surface area contributed by atoms with Crippen molar-refractivity contribution >= 4 is 10.9 Å². The molecular formula is C80H60N13O+. The van der Waals surface area contributed by atoms with Crippen molar-refractivity contribution in [1.82, 2.24) is 59.8 Å². The first kappa shape index (κ1) is 59.1. The fourth-order valence-electron chi connectivity index (χ4n) is 10.8. The smallest absolute Gasteiger partial charge is 0.293 e. The fourth-order valence-corrected chi connectivity index (χ4v) is 10.8. The van der Waals surface area contributed by atoms with Crippen LogP contribution >= 0.6 is 0 Å². The van der Waals surface area contributed by atoms with E-state index in [1.165, 1.54) is 33.2 Å². The first-order valence-electron chi connectivity index (χ1n) is 30.8. The Morgan fingerprint density at radius 3 is 0.894 bits per heavy atom. The van der Waals surface area contributed by atoms with E-state index in [0.29, 0.717) is 41.7 Å². The second kappa shape index (κ2) is 26.9. The predicted molar refractivity (Wildman–Crippen MR) is 370 cm³/mol. The first-order valence-corrected chi connectivity index (χ1v) is 30.8. The number of aromatic nitrogens is 13. The van der Waals surface area contributed by atoms with Gasteiger partial charge in [-0.15, -0.1) is 0 Å². The molecule has 0 unspecified atom stereocenters. The molecule has 0 fully saturated rings. The van der Waals surface area contributed by atoms with Crippen LogP contribution in [0.1, 0.15) is 22.3 Å². The summed E-state index contributed by atoms with van der Waals surface area (Å²) in [4.78, 5) is 57.1. The predicted octanol–water partition coefficient (Wildman–Crippen LogP) is 17.2. The zero-order valence-corrected chi connectivity index (χ0v) is 52.0. The Balaban J connectivity index is 0.000000137. The van der Waals surface area contributed by atoms with Crippen molar-refractivity contribution in [3.8, 4) is 131 Å². The Kier molecular flexibility index (Phi) is 16.9. The maximum Gasteiger partial charge on any atom is 0.293 e. The van der Waals surface area contributed by atoms with Crippen LogP contribution in [0.15, 0.2) is 280 Å². The van der Waals surface area contributed by atoms with Crippen molar-refractivity contribution in [3.05, 3.63) is 302 Å². The molecule has 0 amide bonds. The molecule has 0 aliphatic carbocycles. The van der Waals surface area contributed by atoms with Gasteiger partial charge in [-0.25, -0.2) is 39.9 Å². The fraction of sp³-hybridized carbons (Fsp3) is 0.0625. The van der Waals surface area contributed by atoms with Crippen LogP contribution < -0.4 is 9.30 Å². The molecule has 0 atom stereocenters. The van der Waals surface area contributed by atoms with Crippen LogP contribution in [0.3, 0.4) is 0 Å². The molecule has 0 radical (unpaired) electrons. The molecule has 6 aromatic carbocycles. The van der Waals surface area contributed by atoms with Gasteiger partial charge in [0.2, 0.25) is 11.6 Å². The van der Waals surface area contributed by atoms with Crippen LogP contribution in [0.2, 0.25) is 0 Å². The largest absolute Gasteiger partial charge is 0.429 e. The summed E-state index contributed by atoms with van der Waals surface area (Å²) in [6.07, 6.45) is 9.18. The van der Waals surface area contributed by atoms with E-state index in [-0.39, 0.29) is 0 Å². The molecular weight excluding hydrogens is 1160 g/mol. The third-order valence-electron chi connectivity index (χ3n) is 15.8. The average molecular weight is 1220 g/mol. The number of para-hydroxylation sites is 1. The van der Waals surface area contributed by atoms with E-state index in [0.717, 1.165) is 95.8 Å².